The smallest absolute Gasteiger partial charge is 0.209 e. The van der Waals surface area contributed by atoms with Crippen LogP contribution in [0.2, 0.25) is 0 Å². The van der Waals surface area contributed by atoms with E-state index >= 15 is 0 Å². The van der Waals surface area contributed by atoms with Crippen LogP contribution in [0.4, 0.5) is 0 Å². The van der Waals surface area contributed by atoms with Gasteiger partial charge in [0.05, 0.1) is 18.5 Å². The molecule has 2 fully saturated rings. The number of rotatable bonds is 5. The van der Waals surface area contributed by atoms with Crippen LogP contribution in [0.1, 0.15) is 45.4 Å². The van der Waals surface area contributed by atoms with Gasteiger partial charge >= 0.3 is 0 Å². The summed E-state index contributed by atoms with van der Waals surface area (Å²) >= 11 is 0. The maximum atomic E-state index is 11.5. The molecule has 2 N–H and O–H groups in total. The van der Waals surface area contributed by atoms with Crippen molar-refractivity contribution in [2.75, 3.05) is 25.6 Å². The normalized spacial score (nSPS) is 31.1. The highest BCUT2D eigenvalue weighted by Gasteiger charge is 2.37. The molecule has 1 aliphatic heterocycles. The second-order valence-corrected chi connectivity index (χ2v) is 8.24. The second-order valence-electron chi connectivity index (χ2n) is 6.62. The third kappa shape index (κ3) is 4.98. The first-order chi connectivity index (χ1) is 9.39. The van der Waals surface area contributed by atoms with Gasteiger partial charge in [0.2, 0.25) is 10.0 Å². The Balaban J connectivity index is 1.93. The summed E-state index contributed by atoms with van der Waals surface area (Å²) in [7, 11) is -3.48. The molecule has 1 aliphatic carbocycles. The van der Waals surface area contributed by atoms with E-state index in [0.717, 1.165) is 12.8 Å². The minimum absolute atomic E-state index is 0.00559. The van der Waals surface area contributed by atoms with Gasteiger partial charge in [0.25, 0.3) is 0 Å². The summed E-state index contributed by atoms with van der Waals surface area (Å²) in [6, 6.07) is 0. The molecule has 0 radical (unpaired) electrons. The van der Waals surface area contributed by atoms with Gasteiger partial charge in [0.1, 0.15) is 0 Å². The van der Waals surface area contributed by atoms with E-state index in [1.165, 1.54) is 12.8 Å². The molecular weight excluding hydrogens is 278 g/mol. The van der Waals surface area contributed by atoms with E-state index in [0.29, 0.717) is 38.6 Å². The van der Waals surface area contributed by atoms with E-state index in [1.54, 1.807) is 0 Å². The van der Waals surface area contributed by atoms with E-state index in [9.17, 15) is 8.42 Å². The molecule has 2 aliphatic rings. The van der Waals surface area contributed by atoms with Crippen LogP contribution < -0.4 is 5.14 Å². The van der Waals surface area contributed by atoms with E-state index in [4.69, 9.17) is 14.6 Å². The Labute approximate surface area is 122 Å². The third-order valence-corrected chi connectivity index (χ3v) is 5.59. The SMILES string of the molecule is CC1CCCC(OCC2(CS(N)(=O)=O)CCOCC2)C1. The lowest BCUT2D eigenvalue weighted by atomic mass is 9.82. The highest BCUT2D eigenvalue weighted by Crippen LogP contribution is 2.34. The molecule has 5 nitrogen and oxygen atoms in total. The van der Waals surface area contributed by atoms with E-state index < -0.39 is 10.0 Å². The van der Waals surface area contributed by atoms with Crippen molar-refractivity contribution >= 4 is 10.0 Å². The lowest BCUT2D eigenvalue weighted by molar-refractivity contribution is -0.0657. The molecule has 1 heterocycles. The maximum absolute atomic E-state index is 11.5. The van der Waals surface area contributed by atoms with Crippen molar-refractivity contribution in [1.29, 1.82) is 0 Å². The number of sulfonamides is 1. The monoisotopic (exact) mass is 305 g/mol. The van der Waals surface area contributed by atoms with Gasteiger partial charge in [0, 0.05) is 18.6 Å². The van der Waals surface area contributed by atoms with Crippen molar-refractivity contribution in [3.8, 4) is 0 Å². The van der Waals surface area contributed by atoms with Gasteiger partial charge in [-0.1, -0.05) is 19.8 Å². The molecule has 0 aromatic carbocycles. The molecular formula is C14H27NO4S. The van der Waals surface area contributed by atoms with Crippen LogP contribution >= 0.6 is 0 Å². The Bertz CT molecular complexity index is 403. The van der Waals surface area contributed by atoms with Crippen molar-refractivity contribution in [3.63, 3.8) is 0 Å². The van der Waals surface area contributed by atoms with Crippen LogP contribution in [-0.4, -0.2) is 40.1 Å². The topological polar surface area (TPSA) is 78.6 Å². The molecule has 20 heavy (non-hydrogen) atoms. The molecule has 2 unspecified atom stereocenters. The quantitative estimate of drug-likeness (QED) is 0.838. The fourth-order valence-corrected chi connectivity index (χ4v) is 4.61. The summed E-state index contributed by atoms with van der Waals surface area (Å²) in [4.78, 5) is 0. The van der Waals surface area contributed by atoms with Crippen LogP contribution in [0.5, 0.6) is 0 Å². The van der Waals surface area contributed by atoms with E-state index in [-0.39, 0.29) is 17.3 Å². The fraction of sp³-hybridized carbons (Fsp3) is 1.00. The molecule has 2 atom stereocenters. The average Bonchev–Trinajstić information content (AvgIpc) is 2.36. The zero-order valence-corrected chi connectivity index (χ0v) is 13.2. The fourth-order valence-electron chi connectivity index (χ4n) is 3.39. The maximum Gasteiger partial charge on any atom is 0.209 e. The summed E-state index contributed by atoms with van der Waals surface area (Å²) in [5.74, 6) is 0.712. The lowest BCUT2D eigenvalue weighted by Crippen LogP contribution is -2.43. The Morgan fingerprint density at radius 1 is 1.30 bits per heavy atom. The Morgan fingerprint density at radius 2 is 2.00 bits per heavy atom. The van der Waals surface area contributed by atoms with E-state index in [2.05, 4.69) is 6.92 Å². The third-order valence-electron chi connectivity index (χ3n) is 4.57. The van der Waals surface area contributed by atoms with Gasteiger partial charge in [-0.25, -0.2) is 13.6 Å². The second kappa shape index (κ2) is 6.73. The summed E-state index contributed by atoms with van der Waals surface area (Å²) in [5.41, 5.74) is -0.355. The zero-order valence-electron chi connectivity index (χ0n) is 12.3. The van der Waals surface area contributed by atoms with Gasteiger partial charge in [-0.3, -0.25) is 0 Å². The predicted molar refractivity (Wildman–Crippen MR) is 77.8 cm³/mol. The van der Waals surface area contributed by atoms with Gasteiger partial charge in [-0.05, 0) is 31.6 Å². The first-order valence-electron chi connectivity index (χ1n) is 7.58. The van der Waals surface area contributed by atoms with E-state index in [1.807, 2.05) is 0 Å². The number of hydrogen-bond donors (Lipinski definition) is 1. The number of primary sulfonamides is 1. The minimum Gasteiger partial charge on any atom is -0.381 e. The number of hydrogen-bond acceptors (Lipinski definition) is 4. The highest BCUT2D eigenvalue weighted by molar-refractivity contribution is 7.89. The molecule has 6 heteroatoms. The van der Waals surface area contributed by atoms with Crippen LogP contribution in [-0.2, 0) is 19.5 Å². The number of nitrogens with two attached hydrogens (primary N) is 1. The zero-order chi connectivity index (χ0) is 14.6. The van der Waals surface area contributed by atoms with Crippen molar-refractivity contribution in [3.05, 3.63) is 0 Å². The van der Waals surface area contributed by atoms with Gasteiger partial charge in [-0.15, -0.1) is 0 Å². The highest BCUT2D eigenvalue weighted by atomic mass is 32.2. The Hall–Kier alpha value is -0.170. The van der Waals surface area contributed by atoms with Gasteiger partial charge in [0.15, 0.2) is 0 Å². The average molecular weight is 305 g/mol. The minimum atomic E-state index is -3.48. The number of ether oxygens (including phenoxy) is 2. The van der Waals surface area contributed by atoms with Crippen molar-refractivity contribution in [2.24, 2.45) is 16.5 Å². The molecule has 0 aromatic heterocycles. The van der Waals surface area contributed by atoms with Crippen molar-refractivity contribution in [2.45, 2.75) is 51.6 Å². The molecule has 0 bridgehead atoms. The van der Waals surface area contributed by atoms with Crippen LogP contribution in [0, 0.1) is 11.3 Å². The Morgan fingerprint density at radius 3 is 2.60 bits per heavy atom. The summed E-state index contributed by atoms with van der Waals surface area (Å²) in [5, 5.41) is 5.26. The van der Waals surface area contributed by atoms with Crippen molar-refractivity contribution < 1.29 is 17.9 Å². The molecule has 0 amide bonds. The van der Waals surface area contributed by atoms with Gasteiger partial charge in [-0.2, -0.15) is 0 Å². The molecule has 1 saturated carbocycles. The largest absolute Gasteiger partial charge is 0.381 e. The van der Waals surface area contributed by atoms with Crippen molar-refractivity contribution in [1.82, 2.24) is 0 Å². The first kappa shape index (κ1) is 16.2. The standard InChI is InChI=1S/C14H27NO4S/c1-12-3-2-4-13(9-12)19-10-14(11-20(15,16)17)5-7-18-8-6-14/h12-13H,2-11H2,1H3,(H2,15,16,17). The summed E-state index contributed by atoms with van der Waals surface area (Å²) < 4.78 is 34.4. The molecule has 118 valence electrons. The molecule has 2 rings (SSSR count). The molecule has 0 aromatic rings. The predicted octanol–water partition coefficient (Wildman–Crippen LogP) is 1.67. The van der Waals surface area contributed by atoms with Gasteiger partial charge < -0.3 is 9.47 Å². The van der Waals surface area contributed by atoms with Crippen LogP contribution in [0.25, 0.3) is 0 Å². The van der Waals surface area contributed by atoms with Crippen LogP contribution in [0.3, 0.4) is 0 Å². The summed E-state index contributed by atoms with van der Waals surface area (Å²) in [6.45, 7) is 3.94. The molecule has 0 spiro atoms. The first-order valence-corrected chi connectivity index (χ1v) is 9.30. The molecule has 1 saturated heterocycles. The Kier molecular flexibility index (Phi) is 5.45. The summed E-state index contributed by atoms with van der Waals surface area (Å²) in [6.07, 6.45) is 6.36. The van der Waals surface area contributed by atoms with Crippen LogP contribution in [0.15, 0.2) is 0 Å². The lowest BCUT2D eigenvalue weighted by Gasteiger charge is -2.38.